The number of carbonyl (C=O) groups is 1. The number of para-hydroxylation sites is 1. The minimum absolute atomic E-state index is 0.205. The van der Waals surface area contributed by atoms with E-state index in [-0.39, 0.29) is 18.6 Å². The zero-order valence-corrected chi connectivity index (χ0v) is 17.7. The lowest BCUT2D eigenvalue weighted by atomic mass is 10.1. The molecule has 31 heavy (non-hydrogen) atoms. The molecule has 1 amide bonds. The highest BCUT2D eigenvalue weighted by atomic mass is 16.8. The first-order chi connectivity index (χ1) is 15.1. The predicted octanol–water partition coefficient (Wildman–Crippen LogP) is 4.30. The Hall–Kier alpha value is -3.35. The summed E-state index contributed by atoms with van der Waals surface area (Å²) >= 11 is 0. The molecule has 1 aliphatic rings. The van der Waals surface area contributed by atoms with Gasteiger partial charge >= 0.3 is 0 Å². The van der Waals surface area contributed by atoms with Crippen molar-refractivity contribution in [2.75, 3.05) is 32.1 Å². The summed E-state index contributed by atoms with van der Waals surface area (Å²) in [6.45, 7) is 0.574. The van der Waals surface area contributed by atoms with Crippen LogP contribution in [0.15, 0.2) is 84.9 Å². The third-order valence-electron chi connectivity index (χ3n) is 5.02. The number of hydrogen-bond donors (Lipinski definition) is 0. The smallest absolute Gasteiger partial charge is 0.277 e. The number of hydrogen-bond acceptors (Lipinski definition) is 5. The zero-order valence-electron chi connectivity index (χ0n) is 17.7. The van der Waals surface area contributed by atoms with Crippen LogP contribution in [0.4, 0.5) is 5.69 Å². The molecule has 0 saturated carbocycles. The normalized spacial score (nSPS) is 18.5. The lowest BCUT2D eigenvalue weighted by Gasteiger charge is -2.37. The number of amides is 1. The molecule has 0 unspecified atom stereocenters. The van der Waals surface area contributed by atoms with E-state index in [0.29, 0.717) is 12.2 Å². The molecule has 4 rings (SSSR count). The summed E-state index contributed by atoms with van der Waals surface area (Å²) < 4.78 is 12.0. The van der Waals surface area contributed by atoms with Gasteiger partial charge in [0.15, 0.2) is 0 Å². The molecule has 1 saturated heterocycles. The highest BCUT2D eigenvalue weighted by Crippen LogP contribution is 2.29. The second-order valence-corrected chi connectivity index (χ2v) is 7.54. The molecule has 6 heteroatoms. The lowest BCUT2D eigenvalue weighted by molar-refractivity contribution is -0.325. The number of rotatable bonds is 6. The molecule has 0 N–H and O–H groups in total. The van der Waals surface area contributed by atoms with Crippen LogP contribution in [-0.2, 0) is 9.57 Å². The second kappa shape index (κ2) is 9.64. The van der Waals surface area contributed by atoms with Crippen molar-refractivity contribution >= 4 is 11.6 Å². The van der Waals surface area contributed by atoms with Crippen molar-refractivity contribution in [3.63, 3.8) is 0 Å². The summed E-state index contributed by atoms with van der Waals surface area (Å²) in [7, 11) is 3.97. The van der Waals surface area contributed by atoms with Gasteiger partial charge in [-0.25, -0.2) is 9.90 Å². The molecule has 1 fully saturated rings. The molecule has 0 bridgehead atoms. The monoisotopic (exact) mass is 418 g/mol. The van der Waals surface area contributed by atoms with Gasteiger partial charge in [0, 0.05) is 30.9 Å². The van der Waals surface area contributed by atoms with Gasteiger partial charge in [-0.05, 0) is 36.4 Å². The number of ether oxygens (including phenoxy) is 2. The van der Waals surface area contributed by atoms with Crippen LogP contribution in [-0.4, -0.2) is 44.3 Å². The first-order valence-corrected chi connectivity index (χ1v) is 10.2. The van der Waals surface area contributed by atoms with Gasteiger partial charge < -0.3 is 14.4 Å². The number of benzene rings is 3. The summed E-state index contributed by atoms with van der Waals surface area (Å²) in [5.41, 5.74) is 2.47. The van der Waals surface area contributed by atoms with Crippen molar-refractivity contribution in [2.45, 2.75) is 12.4 Å². The van der Waals surface area contributed by atoms with Gasteiger partial charge in [0.25, 0.3) is 5.91 Å². The second-order valence-electron chi connectivity index (χ2n) is 7.54. The molecule has 0 aromatic heterocycles. The molecule has 0 spiro atoms. The minimum Gasteiger partial charge on any atom is -0.491 e. The molecule has 3 aromatic rings. The fourth-order valence-electron chi connectivity index (χ4n) is 3.31. The summed E-state index contributed by atoms with van der Waals surface area (Å²) in [5, 5.41) is 1.38. The van der Waals surface area contributed by atoms with E-state index in [9.17, 15) is 4.79 Å². The van der Waals surface area contributed by atoms with Crippen LogP contribution < -0.4 is 9.64 Å². The van der Waals surface area contributed by atoms with Crippen LogP contribution in [0, 0.1) is 0 Å². The fourth-order valence-corrected chi connectivity index (χ4v) is 3.31. The van der Waals surface area contributed by atoms with Crippen molar-refractivity contribution in [1.82, 2.24) is 5.06 Å². The van der Waals surface area contributed by atoms with E-state index in [0.717, 1.165) is 17.0 Å². The van der Waals surface area contributed by atoms with Crippen LogP contribution in [0.5, 0.6) is 5.75 Å². The van der Waals surface area contributed by atoms with E-state index in [1.807, 2.05) is 91.8 Å². The maximum atomic E-state index is 13.0. The van der Waals surface area contributed by atoms with E-state index in [4.69, 9.17) is 14.3 Å². The summed E-state index contributed by atoms with van der Waals surface area (Å²) in [6.07, 6.45) is -1.05. The van der Waals surface area contributed by atoms with E-state index >= 15 is 0 Å². The van der Waals surface area contributed by atoms with Gasteiger partial charge in [-0.15, -0.1) is 0 Å². The quantitative estimate of drug-likeness (QED) is 0.597. The average Bonchev–Trinajstić information content (AvgIpc) is 2.83. The van der Waals surface area contributed by atoms with E-state index in [1.165, 1.54) is 5.06 Å². The Morgan fingerprint density at radius 2 is 1.61 bits per heavy atom. The van der Waals surface area contributed by atoms with Crippen LogP contribution in [0.25, 0.3) is 0 Å². The Bertz CT molecular complexity index is 977. The number of hydroxylamine groups is 2. The van der Waals surface area contributed by atoms with Crippen molar-refractivity contribution < 1.29 is 19.1 Å². The Morgan fingerprint density at radius 1 is 0.968 bits per heavy atom. The largest absolute Gasteiger partial charge is 0.491 e. The molecule has 2 atom stereocenters. The minimum atomic E-state index is -0.706. The lowest BCUT2D eigenvalue weighted by Crippen LogP contribution is -2.47. The molecule has 3 aromatic carbocycles. The zero-order chi connectivity index (χ0) is 21.6. The molecular formula is C25H26N2O4. The first-order valence-electron chi connectivity index (χ1n) is 10.2. The maximum Gasteiger partial charge on any atom is 0.277 e. The van der Waals surface area contributed by atoms with Crippen LogP contribution >= 0.6 is 0 Å². The molecule has 0 aliphatic carbocycles. The highest BCUT2D eigenvalue weighted by molar-refractivity contribution is 5.93. The fraction of sp³-hybridized carbons (Fsp3) is 0.240. The maximum absolute atomic E-state index is 13.0. The van der Waals surface area contributed by atoms with Crippen LogP contribution in [0.2, 0.25) is 0 Å². The van der Waals surface area contributed by atoms with Gasteiger partial charge in [0.2, 0.25) is 6.29 Å². The van der Waals surface area contributed by atoms with E-state index in [2.05, 4.69) is 0 Å². The Balaban J connectivity index is 1.53. The molecule has 1 aliphatic heterocycles. The van der Waals surface area contributed by atoms with Gasteiger partial charge in [-0.2, -0.15) is 0 Å². The Labute approximate surface area is 182 Å². The number of carbonyl (C=O) groups excluding carboxylic acids is 1. The molecule has 0 radical (unpaired) electrons. The van der Waals surface area contributed by atoms with E-state index < -0.39 is 6.29 Å². The molecule has 1 heterocycles. The van der Waals surface area contributed by atoms with Gasteiger partial charge in [-0.3, -0.25) is 4.79 Å². The van der Waals surface area contributed by atoms with Gasteiger partial charge in [-0.1, -0.05) is 48.5 Å². The average molecular weight is 418 g/mol. The third kappa shape index (κ3) is 5.23. The first kappa shape index (κ1) is 20.9. The molecule has 6 nitrogen and oxygen atoms in total. The Kier molecular flexibility index (Phi) is 6.50. The number of anilines is 1. The van der Waals surface area contributed by atoms with Crippen molar-refractivity contribution in [3.8, 4) is 5.75 Å². The van der Waals surface area contributed by atoms with Crippen molar-refractivity contribution in [1.29, 1.82) is 0 Å². The van der Waals surface area contributed by atoms with Crippen molar-refractivity contribution in [2.24, 2.45) is 0 Å². The topological polar surface area (TPSA) is 51.2 Å². The molecular weight excluding hydrogens is 392 g/mol. The summed E-state index contributed by atoms with van der Waals surface area (Å²) in [6, 6.07) is 26.5. The van der Waals surface area contributed by atoms with E-state index in [1.54, 1.807) is 12.1 Å². The van der Waals surface area contributed by atoms with Gasteiger partial charge in [0.1, 0.15) is 18.5 Å². The van der Waals surface area contributed by atoms with Crippen LogP contribution in [0.1, 0.15) is 22.2 Å². The summed E-state index contributed by atoms with van der Waals surface area (Å²) in [4.78, 5) is 21.0. The summed E-state index contributed by atoms with van der Waals surface area (Å²) in [5.74, 6) is 0.550. The standard InChI is InChI=1S/C25H26N2O4/c1-26(2)21-15-13-20(14-16-21)25-30-23(18-29-22-11-7-4-8-12-22)17-27(31-25)24(28)19-9-5-3-6-10-19/h3-16,23,25H,17-18H2,1-2H3/t23-,25-/m1/s1. The number of nitrogens with zero attached hydrogens (tertiary/aromatic N) is 2. The SMILES string of the molecule is CN(C)c1ccc([C@@H]2O[C@@H](COc3ccccc3)CN(C(=O)c3ccccc3)O2)cc1. The third-order valence-corrected chi connectivity index (χ3v) is 5.02. The predicted molar refractivity (Wildman–Crippen MR) is 119 cm³/mol. The Morgan fingerprint density at radius 3 is 2.26 bits per heavy atom. The highest BCUT2D eigenvalue weighted by Gasteiger charge is 2.33. The molecule has 160 valence electrons. The van der Waals surface area contributed by atoms with Crippen LogP contribution in [0.3, 0.4) is 0 Å². The van der Waals surface area contributed by atoms with Gasteiger partial charge in [0.05, 0.1) is 6.54 Å². The van der Waals surface area contributed by atoms with Crippen molar-refractivity contribution in [3.05, 3.63) is 96.1 Å².